The highest BCUT2D eigenvalue weighted by Crippen LogP contribution is 2.31. The normalized spacial score (nSPS) is 12.6. The van der Waals surface area contributed by atoms with E-state index in [-0.39, 0.29) is 23.8 Å². The van der Waals surface area contributed by atoms with Gasteiger partial charge in [0.1, 0.15) is 17.3 Å². The number of hydrogen-bond acceptors (Lipinski definition) is 3. The first-order chi connectivity index (χ1) is 6.60. The Balaban J connectivity index is 3.18. The second-order valence-electron chi connectivity index (χ2n) is 3.18. The van der Waals surface area contributed by atoms with Crippen molar-refractivity contribution in [2.45, 2.75) is 12.8 Å². The van der Waals surface area contributed by atoms with Crippen molar-refractivity contribution in [2.24, 2.45) is 5.73 Å². The molecular formula is C10H14FNO2. The molecule has 1 aromatic rings. The minimum atomic E-state index is -0.486. The van der Waals surface area contributed by atoms with E-state index in [1.807, 2.05) is 0 Å². The van der Waals surface area contributed by atoms with E-state index in [9.17, 15) is 9.50 Å². The van der Waals surface area contributed by atoms with Crippen LogP contribution in [-0.2, 0) is 0 Å². The van der Waals surface area contributed by atoms with Gasteiger partial charge in [-0.3, -0.25) is 0 Å². The zero-order valence-electron chi connectivity index (χ0n) is 8.25. The van der Waals surface area contributed by atoms with Gasteiger partial charge in [0, 0.05) is 17.7 Å². The van der Waals surface area contributed by atoms with E-state index in [0.717, 1.165) is 0 Å². The molecule has 0 aromatic heterocycles. The maximum absolute atomic E-state index is 13.4. The Morgan fingerprint density at radius 2 is 2.21 bits per heavy atom. The van der Waals surface area contributed by atoms with Gasteiger partial charge in [-0.25, -0.2) is 4.39 Å². The lowest BCUT2D eigenvalue weighted by Gasteiger charge is -2.13. The van der Waals surface area contributed by atoms with Crippen LogP contribution in [0.2, 0.25) is 0 Å². The molecule has 0 spiro atoms. The van der Waals surface area contributed by atoms with Crippen molar-refractivity contribution in [3.8, 4) is 11.5 Å². The number of phenols is 1. The average molecular weight is 199 g/mol. The molecule has 0 saturated heterocycles. The fourth-order valence-electron chi connectivity index (χ4n) is 1.30. The maximum atomic E-state index is 13.4. The molecule has 78 valence electrons. The summed E-state index contributed by atoms with van der Waals surface area (Å²) in [6.07, 6.45) is 0. The molecule has 0 amide bonds. The van der Waals surface area contributed by atoms with E-state index in [1.54, 1.807) is 6.92 Å². The molecular weight excluding hydrogens is 185 g/mol. The van der Waals surface area contributed by atoms with E-state index in [0.29, 0.717) is 5.75 Å². The second-order valence-corrected chi connectivity index (χ2v) is 3.18. The van der Waals surface area contributed by atoms with Crippen LogP contribution in [0.4, 0.5) is 4.39 Å². The first-order valence-corrected chi connectivity index (χ1v) is 4.36. The minimum Gasteiger partial charge on any atom is -0.507 e. The van der Waals surface area contributed by atoms with Gasteiger partial charge in [0.2, 0.25) is 0 Å². The first kappa shape index (κ1) is 10.8. The molecule has 1 atom stereocenters. The molecule has 0 aliphatic carbocycles. The number of benzene rings is 1. The topological polar surface area (TPSA) is 55.5 Å². The smallest absolute Gasteiger partial charge is 0.134 e. The first-order valence-electron chi connectivity index (χ1n) is 4.36. The Morgan fingerprint density at radius 3 is 2.64 bits per heavy atom. The van der Waals surface area contributed by atoms with E-state index >= 15 is 0 Å². The number of halogens is 1. The van der Waals surface area contributed by atoms with Gasteiger partial charge >= 0.3 is 0 Å². The Labute approximate surface area is 82.3 Å². The fourth-order valence-corrected chi connectivity index (χ4v) is 1.30. The molecule has 14 heavy (non-hydrogen) atoms. The van der Waals surface area contributed by atoms with Gasteiger partial charge in [-0.1, -0.05) is 6.92 Å². The molecule has 0 aliphatic heterocycles. The highest BCUT2D eigenvalue weighted by Gasteiger charge is 2.15. The zero-order chi connectivity index (χ0) is 10.7. The number of ether oxygens (including phenoxy) is 1. The summed E-state index contributed by atoms with van der Waals surface area (Å²) in [4.78, 5) is 0. The summed E-state index contributed by atoms with van der Waals surface area (Å²) >= 11 is 0. The van der Waals surface area contributed by atoms with Crippen LogP contribution in [0.25, 0.3) is 0 Å². The van der Waals surface area contributed by atoms with Crippen molar-refractivity contribution >= 4 is 0 Å². The number of rotatable bonds is 3. The third-order valence-electron chi connectivity index (χ3n) is 2.16. The largest absolute Gasteiger partial charge is 0.507 e. The van der Waals surface area contributed by atoms with Gasteiger partial charge in [-0.05, 0) is 12.5 Å². The number of aromatic hydroxyl groups is 1. The standard InChI is InChI=1S/C10H14FNO2/c1-6(5-12)10-8(11)3-7(14-2)4-9(10)13/h3-4,6,13H,5,12H2,1-2H3. The molecule has 1 unspecified atom stereocenters. The van der Waals surface area contributed by atoms with Gasteiger partial charge in [0.05, 0.1) is 7.11 Å². The van der Waals surface area contributed by atoms with Gasteiger partial charge in [-0.2, -0.15) is 0 Å². The molecule has 3 nitrogen and oxygen atoms in total. The van der Waals surface area contributed by atoms with Crippen LogP contribution in [0.5, 0.6) is 11.5 Å². The van der Waals surface area contributed by atoms with Crippen LogP contribution in [0.15, 0.2) is 12.1 Å². The van der Waals surface area contributed by atoms with Crippen molar-refractivity contribution in [1.82, 2.24) is 0 Å². The van der Waals surface area contributed by atoms with Gasteiger partial charge in [0.15, 0.2) is 0 Å². The molecule has 0 heterocycles. The quantitative estimate of drug-likeness (QED) is 0.777. The summed E-state index contributed by atoms with van der Waals surface area (Å²) in [5, 5.41) is 9.53. The van der Waals surface area contributed by atoms with E-state index in [4.69, 9.17) is 10.5 Å². The van der Waals surface area contributed by atoms with Gasteiger partial charge < -0.3 is 15.6 Å². The molecule has 0 bridgehead atoms. The third-order valence-corrected chi connectivity index (χ3v) is 2.16. The second kappa shape index (κ2) is 4.28. The van der Waals surface area contributed by atoms with Gasteiger partial charge in [-0.15, -0.1) is 0 Å². The van der Waals surface area contributed by atoms with Gasteiger partial charge in [0.25, 0.3) is 0 Å². The summed E-state index contributed by atoms with van der Waals surface area (Å²) in [5.41, 5.74) is 5.65. The Bertz CT molecular complexity index is 305. The predicted molar refractivity (Wildman–Crippen MR) is 52.1 cm³/mol. The molecule has 4 heteroatoms. The monoisotopic (exact) mass is 199 g/mol. The van der Waals surface area contributed by atoms with Crippen LogP contribution >= 0.6 is 0 Å². The average Bonchev–Trinajstić information content (AvgIpc) is 2.16. The Kier molecular flexibility index (Phi) is 3.30. The molecule has 0 radical (unpaired) electrons. The highest BCUT2D eigenvalue weighted by molar-refractivity contribution is 5.42. The summed E-state index contributed by atoms with van der Waals surface area (Å²) in [6.45, 7) is 2.04. The summed E-state index contributed by atoms with van der Waals surface area (Å²) in [6, 6.07) is 2.62. The van der Waals surface area contributed by atoms with Crippen molar-refractivity contribution in [2.75, 3.05) is 13.7 Å². The molecule has 1 rings (SSSR count). The van der Waals surface area contributed by atoms with Crippen LogP contribution in [0.3, 0.4) is 0 Å². The number of phenolic OH excluding ortho intramolecular Hbond substituents is 1. The number of hydrogen-bond donors (Lipinski definition) is 2. The minimum absolute atomic E-state index is 0.111. The van der Waals surface area contributed by atoms with Crippen LogP contribution in [0.1, 0.15) is 18.4 Å². The fraction of sp³-hybridized carbons (Fsp3) is 0.400. The van der Waals surface area contributed by atoms with Crippen molar-refractivity contribution in [3.63, 3.8) is 0 Å². The lowest BCUT2D eigenvalue weighted by Crippen LogP contribution is -2.10. The Morgan fingerprint density at radius 1 is 1.57 bits per heavy atom. The maximum Gasteiger partial charge on any atom is 0.134 e. The van der Waals surface area contributed by atoms with Crippen LogP contribution in [0, 0.1) is 5.82 Å². The molecule has 3 N–H and O–H groups in total. The summed E-state index contributed by atoms with van der Waals surface area (Å²) < 4.78 is 18.3. The van der Waals surface area contributed by atoms with Crippen molar-refractivity contribution < 1.29 is 14.2 Å². The molecule has 0 aliphatic rings. The van der Waals surface area contributed by atoms with Crippen LogP contribution < -0.4 is 10.5 Å². The molecule has 0 fully saturated rings. The summed E-state index contributed by atoms with van der Waals surface area (Å²) in [5.74, 6) is -0.506. The molecule has 0 saturated carbocycles. The SMILES string of the molecule is COc1cc(O)c(C(C)CN)c(F)c1. The van der Waals surface area contributed by atoms with E-state index in [1.165, 1.54) is 19.2 Å². The van der Waals surface area contributed by atoms with E-state index < -0.39 is 5.82 Å². The zero-order valence-corrected chi connectivity index (χ0v) is 8.25. The lowest BCUT2D eigenvalue weighted by atomic mass is 9.99. The third kappa shape index (κ3) is 1.96. The lowest BCUT2D eigenvalue weighted by molar-refractivity contribution is 0.398. The Hall–Kier alpha value is -1.29. The molecule has 1 aromatic carbocycles. The van der Waals surface area contributed by atoms with Crippen LogP contribution in [-0.4, -0.2) is 18.8 Å². The number of methoxy groups -OCH3 is 1. The van der Waals surface area contributed by atoms with E-state index in [2.05, 4.69) is 0 Å². The number of nitrogens with two attached hydrogens (primary N) is 1. The van der Waals surface area contributed by atoms with Crippen molar-refractivity contribution in [3.05, 3.63) is 23.5 Å². The predicted octanol–water partition coefficient (Wildman–Crippen LogP) is 1.60. The highest BCUT2D eigenvalue weighted by atomic mass is 19.1. The summed E-state index contributed by atoms with van der Waals surface area (Å²) in [7, 11) is 1.42. The van der Waals surface area contributed by atoms with Crippen molar-refractivity contribution in [1.29, 1.82) is 0 Å².